The van der Waals surface area contributed by atoms with Crippen LogP contribution in [0.4, 0.5) is 0 Å². The highest BCUT2D eigenvalue weighted by atomic mass is 16.4. The lowest BCUT2D eigenvalue weighted by Gasteiger charge is -2.33. The van der Waals surface area contributed by atoms with Crippen molar-refractivity contribution in [2.45, 2.75) is 44.7 Å². The molecule has 15 heavy (non-hydrogen) atoms. The molecule has 0 saturated carbocycles. The van der Waals surface area contributed by atoms with Crippen LogP contribution in [0.2, 0.25) is 0 Å². The van der Waals surface area contributed by atoms with E-state index >= 15 is 0 Å². The second-order valence-electron chi connectivity index (χ2n) is 3.93. The highest BCUT2D eigenvalue weighted by Crippen LogP contribution is 2.11. The second-order valence-corrected chi connectivity index (χ2v) is 3.93. The molecule has 1 unspecified atom stereocenters. The molecule has 0 aromatic heterocycles. The number of carboxylic acids is 1. The average Bonchev–Trinajstić information content (AvgIpc) is 2.23. The van der Waals surface area contributed by atoms with Crippen molar-refractivity contribution in [3.63, 3.8) is 0 Å². The second kappa shape index (κ2) is 6.76. The summed E-state index contributed by atoms with van der Waals surface area (Å²) >= 11 is 0. The molecule has 0 amide bonds. The fraction of sp³-hybridized carbons (Fsp3) is 0.900. The Bertz CT molecular complexity index is 184. The van der Waals surface area contributed by atoms with E-state index in [4.69, 9.17) is 15.3 Å². The number of carboxylic acid groups (broad SMARTS) is 1. The molecule has 0 aliphatic heterocycles. The Labute approximate surface area is 90.1 Å². The van der Waals surface area contributed by atoms with Gasteiger partial charge in [0.05, 0.1) is 18.8 Å². The SMILES string of the molecule is CCC(CO)(CO)NC(C)CCC(=O)O. The Balaban J connectivity index is 4.10. The first-order chi connectivity index (χ1) is 6.99. The summed E-state index contributed by atoms with van der Waals surface area (Å²) < 4.78 is 0. The fourth-order valence-corrected chi connectivity index (χ4v) is 1.40. The lowest BCUT2D eigenvalue weighted by Crippen LogP contribution is -2.54. The van der Waals surface area contributed by atoms with Crippen LogP contribution in [0.15, 0.2) is 0 Å². The van der Waals surface area contributed by atoms with Gasteiger partial charge in [-0.05, 0) is 19.8 Å². The Kier molecular flexibility index (Phi) is 6.47. The number of aliphatic carboxylic acids is 1. The quantitative estimate of drug-likeness (QED) is 0.460. The molecule has 4 N–H and O–H groups in total. The predicted molar refractivity (Wildman–Crippen MR) is 56.7 cm³/mol. The molecule has 0 radical (unpaired) electrons. The Hall–Kier alpha value is -0.650. The number of carbonyl (C=O) groups is 1. The lowest BCUT2D eigenvalue weighted by atomic mass is 9.96. The smallest absolute Gasteiger partial charge is 0.303 e. The first-order valence-corrected chi connectivity index (χ1v) is 5.21. The summed E-state index contributed by atoms with van der Waals surface area (Å²) in [5, 5.41) is 29.9. The maximum atomic E-state index is 10.4. The number of rotatable bonds is 8. The zero-order valence-electron chi connectivity index (χ0n) is 9.36. The third-order valence-electron chi connectivity index (χ3n) is 2.63. The molecule has 0 spiro atoms. The summed E-state index contributed by atoms with van der Waals surface area (Å²) in [7, 11) is 0. The Morgan fingerprint density at radius 2 is 1.93 bits per heavy atom. The molecule has 5 nitrogen and oxygen atoms in total. The zero-order chi connectivity index (χ0) is 11.9. The van der Waals surface area contributed by atoms with Crippen molar-refractivity contribution in [1.29, 1.82) is 0 Å². The maximum absolute atomic E-state index is 10.4. The highest BCUT2D eigenvalue weighted by molar-refractivity contribution is 5.66. The third kappa shape index (κ3) is 5.11. The third-order valence-corrected chi connectivity index (χ3v) is 2.63. The molecule has 1 atom stereocenters. The molecule has 0 aromatic rings. The van der Waals surface area contributed by atoms with Crippen molar-refractivity contribution in [3.05, 3.63) is 0 Å². The van der Waals surface area contributed by atoms with E-state index in [1.54, 1.807) is 0 Å². The van der Waals surface area contributed by atoms with Crippen LogP contribution in [0, 0.1) is 0 Å². The lowest BCUT2D eigenvalue weighted by molar-refractivity contribution is -0.137. The van der Waals surface area contributed by atoms with Gasteiger partial charge in [-0.25, -0.2) is 0 Å². The first kappa shape index (κ1) is 14.3. The van der Waals surface area contributed by atoms with E-state index in [0.717, 1.165) is 0 Å². The van der Waals surface area contributed by atoms with Crippen molar-refractivity contribution in [2.75, 3.05) is 13.2 Å². The minimum Gasteiger partial charge on any atom is -0.481 e. The summed E-state index contributed by atoms with van der Waals surface area (Å²) in [6, 6.07) is -0.0413. The molecular formula is C10H21NO4. The normalized spacial score (nSPS) is 13.9. The number of hydrogen-bond acceptors (Lipinski definition) is 4. The predicted octanol–water partition coefficient (Wildman–Crippen LogP) is -0.0373. The zero-order valence-corrected chi connectivity index (χ0v) is 9.36. The molecule has 5 heteroatoms. The molecule has 0 heterocycles. The number of nitrogens with one attached hydrogen (secondary N) is 1. The van der Waals surface area contributed by atoms with E-state index in [1.807, 2.05) is 13.8 Å². The van der Waals surface area contributed by atoms with Crippen LogP contribution in [0.25, 0.3) is 0 Å². The fourth-order valence-electron chi connectivity index (χ4n) is 1.40. The summed E-state index contributed by atoms with van der Waals surface area (Å²) in [5.74, 6) is -0.834. The number of aliphatic hydroxyl groups excluding tert-OH is 2. The van der Waals surface area contributed by atoms with E-state index in [2.05, 4.69) is 5.32 Å². The van der Waals surface area contributed by atoms with Gasteiger partial charge in [-0.3, -0.25) is 4.79 Å². The van der Waals surface area contributed by atoms with Crippen molar-refractivity contribution >= 4 is 5.97 Å². The van der Waals surface area contributed by atoms with Gasteiger partial charge in [0, 0.05) is 12.5 Å². The van der Waals surface area contributed by atoms with Gasteiger partial charge in [0.1, 0.15) is 0 Å². The molecule has 0 aliphatic carbocycles. The highest BCUT2D eigenvalue weighted by Gasteiger charge is 2.27. The van der Waals surface area contributed by atoms with Crippen LogP contribution in [0.1, 0.15) is 33.1 Å². The number of aliphatic hydroxyl groups is 2. The summed E-state index contributed by atoms with van der Waals surface area (Å²) in [6.07, 6.45) is 1.17. The Morgan fingerprint density at radius 1 is 1.40 bits per heavy atom. The minimum atomic E-state index is -0.834. The van der Waals surface area contributed by atoms with Crippen LogP contribution in [-0.2, 0) is 4.79 Å². The summed E-state index contributed by atoms with van der Waals surface area (Å²) in [6.45, 7) is 3.40. The molecule has 0 fully saturated rings. The largest absolute Gasteiger partial charge is 0.481 e. The van der Waals surface area contributed by atoms with E-state index in [0.29, 0.717) is 12.8 Å². The van der Waals surface area contributed by atoms with Gasteiger partial charge >= 0.3 is 5.97 Å². The van der Waals surface area contributed by atoms with Gasteiger partial charge in [-0.1, -0.05) is 6.92 Å². The van der Waals surface area contributed by atoms with Crippen molar-refractivity contribution < 1.29 is 20.1 Å². The first-order valence-electron chi connectivity index (χ1n) is 5.21. The summed E-state index contributed by atoms with van der Waals surface area (Å²) in [5.41, 5.74) is -0.697. The number of hydrogen-bond donors (Lipinski definition) is 4. The van der Waals surface area contributed by atoms with Gasteiger partial charge in [0.15, 0.2) is 0 Å². The maximum Gasteiger partial charge on any atom is 0.303 e. The molecular weight excluding hydrogens is 198 g/mol. The van der Waals surface area contributed by atoms with Crippen LogP contribution in [-0.4, -0.2) is 46.1 Å². The van der Waals surface area contributed by atoms with Gasteiger partial charge in [-0.2, -0.15) is 0 Å². The van der Waals surface area contributed by atoms with Gasteiger partial charge < -0.3 is 20.6 Å². The van der Waals surface area contributed by atoms with Gasteiger partial charge in [-0.15, -0.1) is 0 Å². The minimum absolute atomic E-state index is 0.0413. The van der Waals surface area contributed by atoms with Crippen LogP contribution in [0.3, 0.4) is 0 Å². The Morgan fingerprint density at radius 3 is 2.27 bits per heavy atom. The monoisotopic (exact) mass is 219 g/mol. The van der Waals surface area contributed by atoms with Gasteiger partial charge in [0.2, 0.25) is 0 Å². The van der Waals surface area contributed by atoms with Crippen LogP contribution >= 0.6 is 0 Å². The van der Waals surface area contributed by atoms with E-state index < -0.39 is 11.5 Å². The molecule has 0 rings (SSSR count). The molecule has 0 bridgehead atoms. The van der Waals surface area contributed by atoms with Crippen LogP contribution < -0.4 is 5.32 Å². The van der Waals surface area contributed by atoms with E-state index in [-0.39, 0.29) is 25.7 Å². The summed E-state index contributed by atoms with van der Waals surface area (Å²) in [4.78, 5) is 10.4. The van der Waals surface area contributed by atoms with Crippen molar-refractivity contribution in [2.24, 2.45) is 0 Å². The molecule has 0 aliphatic rings. The molecule has 90 valence electrons. The molecule has 0 aromatic carbocycles. The van der Waals surface area contributed by atoms with E-state index in [1.165, 1.54) is 0 Å². The molecule has 0 saturated heterocycles. The standard InChI is InChI=1S/C10H21NO4/c1-3-10(6-12,7-13)11-8(2)4-5-9(14)15/h8,11-13H,3-7H2,1-2H3,(H,14,15). The van der Waals surface area contributed by atoms with Gasteiger partial charge in [0.25, 0.3) is 0 Å². The topological polar surface area (TPSA) is 89.8 Å². The van der Waals surface area contributed by atoms with Crippen LogP contribution in [0.5, 0.6) is 0 Å². The van der Waals surface area contributed by atoms with Crippen molar-refractivity contribution in [3.8, 4) is 0 Å². The van der Waals surface area contributed by atoms with E-state index in [9.17, 15) is 4.79 Å². The van der Waals surface area contributed by atoms with Crippen molar-refractivity contribution in [1.82, 2.24) is 5.32 Å². The average molecular weight is 219 g/mol.